The number of hydrogen-bond donors (Lipinski definition) is 1. The molecule has 3 heteroatoms. The van der Waals surface area contributed by atoms with Gasteiger partial charge in [0.2, 0.25) is 0 Å². The quantitative estimate of drug-likeness (QED) is 0.825. The van der Waals surface area contributed by atoms with Crippen LogP contribution in [0.1, 0.15) is 24.8 Å². The molecule has 2 N–H and O–H groups in total. The molecule has 1 aliphatic carbocycles. The first kappa shape index (κ1) is 9.97. The van der Waals surface area contributed by atoms with Gasteiger partial charge in [-0.3, -0.25) is 0 Å². The summed E-state index contributed by atoms with van der Waals surface area (Å²) >= 11 is 0. The third kappa shape index (κ3) is 1.55. The van der Waals surface area contributed by atoms with Gasteiger partial charge in [0.1, 0.15) is 0 Å². The number of benzene rings is 1. The zero-order valence-corrected chi connectivity index (χ0v) is 9.37. The number of rotatable bonds is 2. The van der Waals surface area contributed by atoms with Crippen molar-refractivity contribution in [1.82, 2.24) is 0 Å². The molecule has 1 aromatic rings. The Morgan fingerprint density at radius 2 is 1.88 bits per heavy atom. The van der Waals surface area contributed by atoms with Gasteiger partial charge >= 0.3 is 0 Å². The molecule has 1 heterocycles. The number of hydrogen-bond acceptors (Lipinski definition) is 3. The molecule has 2 aliphatic rings. The Morgan fingerprint density at radius 3 is 2.56 bits per heavy atom. The van der Waals surface area contributed by atoms with Crippen LogP contribution in [0.4, 0.5) is 0 Å². The second-order valence-corrected chi connectivity index (χ2v) is 4.70. The predicted molar refractivity (Wildman–Crippen MR) is 62.0 cm³/mol. The molecule has 86 valence electrons. The molecule has 0 saturated heterocycles. The summed E-state index contributed by atoms with van der Waals surface area (Å²) in [6.07, 6.45) is 3.35. The summed E-state index contributed by atoms with van der Waals surface area (Å²) in [5.41, 5.74) is 7.37. The molecule has 0 atom stereocenters. The highest BCUT2D eigenvalue weighted by Crippen LogP contribution is 2.49. The largest absolute Gasteiger partial charge is 0.490 e. The van der Waals surface area contributed by atoms with Crippen LogP contribution in [0.3, 0.4) is 0 Å². The fourth-order valence-corrected chi connectivity index (χ4v) is 2.25. The standard InChI is InChI=1S/C13H17NO2/c14-9-13(4-5-13)10-2-3-11-12(8-10)16-7-1-6-15-11/h2-3,8H,1,4-7,9,14H2. The van der Waals surface area contributed by atoms with Gasteiger partial charge in [-0.25, -0.2) is 0 Å². The van der Waals surface area contributed by atoms with Gasteiger partial charge in [0.15, 0.2) is 11.5 Å². The molecule has 16 heavy (non-hydrogen) atoms. The fourth-order valence-electron chi connectivity index (χ4n) is 2.25. The van der Waals surface area contributed by atoms with Gasteiger partial charge in [0.05, 0.1) is 13.2 Å². The molecular weight excluding hydrogens is 202 g/mol. The minimum absolute atomic E-state index is 0.227. The van der Waals surface area contributed by atoms with Crippen LogP contribution in [0.5, 0.6) is 11.5 Å². The van der Waals surface area contributed by atoms with E-state index >= 15 is 0 Å². The van der Waals surface area contributed by atoms with Crippen LogP contribution >= 0.6 is 0 Å². The zero-order chi connectivity index (χ0) is 11.0. The van der Waals surface area contributed by atoms with Crippen LogP contribution in [0.2, 0.25) is 0 Å². The lowest BCUT2D eigenvalue weighted by molar-refractivity contribution is 0.297. The molecule has 1 saturated carbocycles. The molecule has 0 bridgehead atoms. The summed E-state index contributed by atoms with van der Waals surface area (Å²) in [6.45, 7) is 2.22. The van der Waals surface area contributed by atoms with Gasteiger partial charge in [-0.2, -0.15) is 0 Å². The molecule has 0 spiro atoms. The Hall–Kier alpha value is -1.22. The molecule has 0 unspecified atom stereocenters. The summed E-state index contributed by atoms with van der Waals surface area (Å²) in [4.78, 5) is 0. The SMILES string of the molecule is NCC1(c2ccc3c(c2)OCCCO3)CC1. The van der Waals surface area contributed by atoms with Crippen molar-refractivity contribution < 1.29 is 9.47 Å². The third-order valence-electron chi connectivity index (χ3n) is 3.60. The minimum Gasteiger partial charge on any atom is -0.490 e. The van der Waals surface area contributed by atoms with Crippen molar-refractivity contribution >= 4 is 0 Å². The highest BCUT2D eigenvalue weighted by molar-refractivity contribution is 5.47. The molecule has 0 radical (unpaired) electrons. The Kier molecular flexibility index (Phi) is 2.28. The summed E-state index contributed by atoms with van der Waals surface area (Å²) in [7, 11) is 0. The molecular formula is C13H17NO2. The molecule has 1 aliphatic heterocycles. The van der Waals surface area contributed by atoms with Crippen LogP contribution < -0.4 is 15.2 Å². The van der Waals surface area contributed by atoms with Crippen LogP contribution in [-0.4, -0.2) is 19.8 Å². The molecule has 3 nitrogen and oxygen atoms in total. The van der Waals surface area contributed by atoms with Gasteiger partial charge < -0.3 is 15.2 Å². The van der Waals surface area contributed by atoms with Crippen molar-refractivity contribution in [1.29, 1.82) is 0 Å². The first-order chi connectivity index (χ1) is 7.84. The van der Waals surface area contributed by atoms with Gasteiger partial charge in [0, 0.05) is 18.4 Å². The van der Waals surface area contributed by atoms with E-state index in [1.165, 1.54) is 18.4 Å². The Balaban J connectivity index is 1.95. The maximum atomic E-state index is 5.84. The Labute approximate surface area is 95.5 Å². The lowest BCUT2D eigenvalue weighted by Gasteiger charge is -2.15. The average Bonchev–Trinajstić information content (AvgIpc) is 3.13. The maximum Gasteiger partial charge on any atom is 0.161 e. The minimum atomic E-state index is 0.227. The Bertz CT molecular complexity index is 399. The van der Waals surface area contributed by atoms with Gasteiger partial charge in [0.25, 0.3) is 0 Å². The fraction of sp³-hybridized carbons (Fsp3) is 0.538. The van der Waals surface area contributed by atoms with Gasteiger partial charge in [-0.05, 0) is 30.5 Å². The van der Waals surface area contributed by atoms with Gasteiger partial charge in [-0.1, -0.05) is 6.07 Å². The molecule has 1 aromatic carbocycles. The van der Waals surface area contributed by atoms with E-state index in [0.717, 1.165) is 37.7 Å². The van der Waals surface area contributed by atoms with Crippen molar-refractivity contribution in [3.8, 4) is 11.5 Å². The topological polar surface area (TPSA) is 44.5 Å². The first-order valence-corrected chi connectivity index (χ1v) is 5.94. The van der Waals surface area contributed by atoms with Crippen LogP contribution in [0, 0.1) is 0 Å². The normalized spacial score (nSPS) is 21.3. The van der Waals surface area contributed by atoms with Crippen LogP contribution in [0.25, 0.3) is 0 Å². The smallest absolute Gasteiger partial charge is 0.161 e. The third-order valence-corrected chi connectivity index (χ3v) is 3.60. The lowest BCUT2D eigenvalue weighted by Crippen LogP contribution is -2.19. The predicted octanol–water partition coefficient (Wildman–Crippen LogP) is 1.84. The number of nitrogens with two attached hydrogens (primary N) is 1. The van der Waals surface area contributed by atoms with Crippen LogP contribution in [0.15, 0.2) is 18.2 Å². The van der Waals surface area contributed by atoms with E-state index in [2.05, 4.69) is 12.1 Å². The second kappa shape index (κ2) is 3.67. The average molecular weight is 219 g/mol. The van der Waals surface area contributed by atoms with Crippen molar-refractivity contribution in [2.45, 2.75) is 24.7 Å². The van der Waals surface area contributed by atoms with Crippen molar-refractivity contribution in [3.05, 3.63) is 23.8 Å². The molecule has 0 aromatic heterocycles. The van der Waals surface area contributed by atoms with E-state index in [0.29, 0.717) is 0 Å². The summed E-state index contributed by atoms with van der Waals surface area (Å²) < 4.78 is 11.3. The van der Waals surface area contributed by atoms with E-state index in [1.54, 1.807) is 0 Å². The number of ether oxygens (including phenoxy) is 2. The maximum absolute atomic E-state index is 5.84. The second-order valence-electron chi connectivity index (χ2n) is 4.70. The first-order valence-electron chi connectivity index (χ1n) is 5.94. The van der Waals surface area contributed by atoms with Crippen LogP contribution in [-0.2, 0) is 5.41 Å². The summed E-state index contributed by atoms with van der Waals surface area (Å²) in [5.74, 6) is 1.75. The summed E-state index contributed by atoms with van der Waals surface area (Å²) in [6, 6.07) is 6.26. The van der Waals surface area contributed by atoms with E-state index in [1.807, 2.05) is 6.07 Å². The van der Waals surface area contributed by atoms with Crippen molar-refractivity contribution in [2.24, 2.45) is 5.73 Å². The highest BCUT2D eigenvalue weighted by atomic mass is 16.5. The van der Waals surface area contributed by atoms with E-state index < -0.39 is 0 Å². The zero-order valence-electron chi connectivity index (χ0n) is 9.37. The van der Waals surface area contributed by atoms with Crippen molar-refractivity contribution in [3.63, 3.8) is 0 Å². The van der Waals surface area contributed by atoms with Gasteiger partial charge in [-0.15, -0.1) is 0 Å². The lowest BCUT2D eigenvalue weighted by atomic mass is 9.96. The molecule has 1 fully saturated rings. The number of fused-ring (bicyclic) bond motifs is 1. The van der Waals surface area contributed by atoms with E-state index in [9.17, 15) is 0 Å². The highest BCUT2D eigenvalue weighted by Gasteiger charge is 2.43. The summed E-state index contributed by atoms with van der Waals surface area (Å²) in [5, 5.41) is 0. The van der Waals surface area contributed by atoms with E-state index in [4.69, 9.17) is 15.2 Å². The van der Waals surface area contributed by atoms with Crippen molar-refractivity contribution in [2.75, 3.05) is 19.8 Å². The molecule has 0 amide bonds. The molecule has 3 rings (SSSR count). The monoisotopic (exact) mass is 219 g/mol. The Morgan fingerprint density at radius 1 is 1.12 bits per heavy atom. The van der Waals surface area contributed by atoms with E-state index in [-0.39, 0.29) is 5.41 Å².